The number of benzene rings is 1. The number of carbonyl (C=O) groups excluding carboxylic acids is 1. The maximum atomic E-state index is 11.6. The van der Waals surface area contributed by atoms with Crippen molar-refractivity contribution in [3.05, 3.63) is 48.5 Å². The molecule has 88 valence electrons. The maximum Gasteiger partial charge on any atom is 0.251 e. The lowest BCUT2D eigenvalue weighted by Gasteiger charge is -2.05. The smallest absolute Gasteiger partial charge is 0.251 e. The molecular formula is C12H14N4O. The van der Waals surface area contributed by atoms with E-state index in [0.717, 1.165) is 5.69 Å². The highest BCUT2D eigenvalue weighted by Crippen LogP contribution is 2.09. The predicted molar refractivity (Wildman–Crippen MR) is 65.0 cm³/mol. The van der Waals surface area contributed by atoms with Gasteiger partial charge in [-0.25, -0.2) is 4.98 Å². The lowest BCUT2D eigenvalue weighted by atomic mass is 10.2. The van der Waals surface area contributed by atoms with Crippen LogP contribution in [-0.4, -0.2) is 28.5 Å². The number of hydrogen-bond acceptors (Lipinski definition) is 3. The molecule has 2 rings (SSSR count). The van der Waals surface area contributed by atoms with Gasteiger partial charge in [-0.05, 0) is 24.3 Å². The highest BCUT2D eigenvalue weighted by atomic mass is 16.1. The Labute approximate surface area is 99.3 Å². The summed E-state index contributed by atoms with van der Waals surface area (Å²) in [6.45, 7) is 0.932. The molecule has 0 spiro atoms. The minimum Gasteiger partial charge on any atom is -0.351 e. The fourth-order valence-corrected chi connectivity index (χ4v) is 1.48. The van der Waals surface area contributed by atoms with Gasteiger partial charge in [-0.3, -0.25) is 4.79 Å². The Morgan fingerprint density at radius 2 is 2.12 bits per heavy atom. The summed E-state index contributed by atoms with van der Waals surface area (Å²) in [7, 11) is 0. The predicted octanol–water partition coefficient (Wildman–Crippen LogP) is 0.561. The van der Waals surface area contributed by atoms with Gasteiger partial charge >= 0.3 is 0 Å². The van der Waals surface area contributed by atoms with Crippen LogP contribution in [0, 0.1) is 0 Å². The van der Waals surface area contributed by atoms with E-state index in [0.29, 0.717) is 18.7 Å². The highest BCUT2D eigenvalue weighted by Gasteiger charge is 2.04. The number of nitrogens with two attached hydrogens (primary N) is 1. The standard InChI is InChI=1S/C12H14N4O/c13-5-6-15-12(17)10-1-3-11(4-2-10)16-8-7-14-9-16/h1-4,7-9H,5-6,13H2,(H,15,17). The van der Waals surface area contributed by atoms with Gasteiger partial charge in [0.2, 0.25) is 0 Å². The zero-order valence-corrected chi connectivity index (χ0v) is 9.34. The number of aromatic nitrogens is 2. The second-order valence-corrected chi connectivity index (χ2v) is 3.56. The van der Waals surface area contributed by atoms with Crippen molar-refractivity contribution in [3.63, 3.8) is 0 Å². The first-order valence-corrected chi connectivity index (χ1v) is 5.38. The lowest BCUT2D eigenvalue weighted by molar-refractivity contribution is 0.0955. The van der Waals surface area contributed by atoms with Crippen LogP contribution < -0.4 is 11.1 Å². The Morgan fingerprint density at radius 3 is 2.71 bits per heavy atom. The van der Waals surface area contributed by atoms with Gasteiger partial charge in [-0.15, -0.1) is 0 Å². The van der Waals surface area contributed by atoms with E-state index in [-0.39, 0.29) is 5.91 Å². The van der Waals surface area contributed by atoms with Crippen molar-refractivity contribution < 1.29 is 4.79 Å². The van der Waals surface area contributed by atoms with Gasteiger partial charge in [0.1, 0.15) is 0 Å². The lowest BCUT2D eigenvalue weighted by Crippen LogP contribution is -2.28. The third-order valence-electron chi connectivity index (χ3n) is 2.36. The van der Waals surface area contributed by atoms with Crippen LogP contribution in [-0.2, 0) is 0 Å². The Balaban J connectivity index is 2.10. The van der Waals surface area contributed by atoms with Crippen LogP contribution in [0.5, 0.6) is 0 Å². The molecule has 0 unspecified atom stereocenters. The van der Waals surface area contributed by atoms with Crippen molar-refractivity contribution >= 4 is 5.91 Å². The van der Waals surface area contributed by atoms with Crippen LogP contribution in [0.3, 0.4) is 0 Å². The van der Waals surface area contributed by atoms with Gasteiger partial charge < -0.3 is 15.6 Å². The van der Waals surface area contributed by atoms with Crippen LogP contribution in [0.25, 0.3) is 5.69 Å². The van der Waals surface area contributed by atoms with Crippen molar-refractivity contribution in [1.29, 1.82) is 0 Å². The van der Waals surface area contributed by atoms with E-state index < -0.39 is 0 Å². The molecule has 0 atom stereocenters. The summed E-state index contributed by atoms with van der Waals surface area (Å²) >= 11 is 0. The van der Waals surface area contributed by atoms with Crippen molar-refractivity contribution in [2.45, 2.75) is 0 Å². The van der Waals surface area contributed by atoms with Crippen molar-refractivity contribution in [1.82, 2.24) is 14.9 Å². The van der Waals surface area contributed by atoms with Crippen LogP contribution in [0.4, 0.5) is 0 Å². The van der Waals surface area contributed by atoms with E-state index in [2.05, 4.69) is 10.3 Å². The Morgan fingerprint density at radius 1 is 1.35 bits per heavy atom. The van der Waals surface area contributed by atoms with Gasteiger partial charge in [-0.1, -0.05) is 0 Å². The molecule has 0 saturated carbocycles. The van der Waals surface area contributed by atoms with E-state index in [4.69, 9.17) is 5.73 Å². The van der Waals surface area contributed by atoms with Crippen molar-refractivity contribution in [3.8, 4) is 5.69 Å². The SMILES string of the molecule is NCCNC(=O)c1ccc(-n2ccnc2)cc1. The summed E-state index contributed by atoms with van der Waals surface area (Å²) < 4.78 is 1.88. The van der Waals surface area contributed by atoms with Gasteiger partial charge in [0.05, 0.1) is 6.33 Å². The van der Waals surface area contributed by atoms with Gasteiger partial charge in [0.15, 0.2) is 0 Å². The van der Waals surface area contributed by atoms with Gasteiger partial charge in [0.25, 0.3) is 5.91 Å². The summed E-state index contributed by atoms with van der Waals surface area (Å²) in [5.74, 6) is -0.104. The summed E-state index contributed by atoms with van der Waals surface area (Å²) in [4.78, 5) is 15.6. The number of rotatable bonds is 4. The molecule has 17 heavy (non-hydrogen) atoms. The molecule has 1 aromatic carbocycles. The zero-order chi connectivity index (χ0) is 12.1. The van der Waals surface area contributed by atoms with Gasteiger partial charge in [-0.2, -0.15) is 0 Å². The first-order valence-electron chi connectivity index (χ1n) is 5.38. The van der Waals surface area contributed by atoms with E-state index in [1.165, 1.54) is 0 Å². The van der Waals surface area contributed by atoms with Crippen molar-refractivity contribution in [2.75, 3.05) is 13.1 Å². The number of nitrogens with zero attached hydrogens (tertiary/aromatic N) is 2. The third-order valence-corrected chi connectivity index (χ3v) is 2.36. The molecule has 5 nitrogen and oxygen atoms in total. The van der Waals surface area contributed by atoms with E-state index in [9.17, 15) is 4.79 Å². The van der Waals surface area contributed by atoms with E-state index in [1.54, 1.807) is 24.7 Å². The maximum absolute atomic E-state index is 11.6. The summed E-state index contributed by atoms with van der Waals surface area (Å²) in [5.41, 5.74) is 6.92. The van der Waals surface area contributed by atoms with E-state index in [1.807, 2.05) is 22.9 Å². The molecule has 3 N–H and O–H groups in total. The molecule has 0 radical (unpaired) electrons. The van der Waals surface area contributed by atoms with Gasteiger partial charge in [0, 0.05) is 36.7 Å². The normalized spacial score (nSPS) is 10.2. The van der Waals surface area contributed by atoms with Crippen LogP contribution in [0.1, 0.15) is 10.4 Å². The summed E-state index contributed by atoms with van der Waals surface area (Å²) in [6, 6.07) is 7.31. The molecule has 5 heteroatoms. The number of imidazole rings is 1. The van der Waals surface area contributed by atoms with Crippen molar-refractivity contribution in [2.24, 2.45) is 5.73 Å². The van der Waals surface area contributed by atoms with E-state index >= 15 is 0 Å². The molecule has 1 heterocycles. The topological polar surface area (TPSA) is 72.9 Å². The number of nitrogens with one attached hydrogen (secondary N) is 1. The molecule has 2 aromatic rings. The summed E-state index contributed by atoms with van der Waals surface area (Å²) in [6.07, 6.45) is 5.27. The van der Waals surface area contributed by atoms with Crippen LogP contribution in [0.15, 0.2) is 43.0 Å². The molecule has 0 fully saturated rings. The molecule has 1 aromatic heterocycles. The average molecular weight is 230 g/mol. The number of hydrogen-bond donors (Lipinski definition) is 2. The largest absolute Gasteiger partial charge is 0.351 e. The monoisotopic (exact) mass is 230 g/mol. The number of carbonyl (C=O) groups is 1. The Kier molecular flexibility index (Phi) is 3.52. The molecule has 0 saturated heterocycles. The first kappa shape index (κ1) is 11.3. The molecule has 0 aliphatic heterocycles. The number of amides is 1. The molecule has 0 aliphatic carbocycles. The third kappa shape index (κ3) is 2.70. The quantitative estimate of drug-likeness (QED) is 0.806. The Bertz CT molecular complexity index is 476. The Hall–Kier alpha value is -2.14. The minimum atomic E-state index is -0.104. The average Bonchev–Trinajstić information content (AvgIpc) is 2.90. The fraction of sp³-hybridized carbons (Fsp3) is 0.167. The fourth-order valence-electron chi connectivity index (χ4n) is 1.48. The molecule has 1 amide bonds. The minimum absolute atomic E-state index is 0.104. The van der Waals surface area contributed by atoms with Crippen LogP contribution >= 0.6 is 0 Å². The second kappa shape index (κ2) is 5.27. The first-order chi connectivity index (χ1) is 8.31. The molecular weight excluding hydrogens is 216 g/mol. The van der Waals surface area contributed by atoms with Crippen LogP contribution in [0.2, 0.25) is 0 Å². The molecule has 0 bridgehead atoms. The summed E-state index contributed by atoms with van der Waals surface area (Å²) in [5, 5.41) is 2.72. The zero-order valence-electron chi connectivity index (χ0n) is 9.34. The second-order valence-electron chi connectivity index (χ2n) is 3.56. The molecule has 0 aliphatic rings. The highest BCUT2D eigenvalue weighted by molar-refractivity contribution is 5.94.